The Hall–Kier alpha value is -2.63. The molecule has 0 spiro atoms. The normalized spacial score (nSPS) is 10.3. The lowest BCUT2D eigenvalue weighted by atomic mass is 10.1. The Labute approximate surface area is 114 Å². The highest BCUT2D eigenvalue weighted by atomic mass is 16.5. The number of methoxy groups -OCH3 is 2. The Balaban J connectivity index is 2.27. The number of hydrogen-bond acceptors (Lipinski definition) is 6. The maximum atomic E-state index is 11.9. The molecule has 104 valence electrons. The molecule has 6 heteroatoms. The lowest BCUT2D eigenvalue weighted by Gasteiger charge is -1.98. The van der Waals surface area contributed by atoms with E-state index in [1.54, 1.807) is 18.2 Å². The van der Waals surface area contributed by atoms with Crippen LogP contribution in [0.25, 0.3) is 11.0 Å². The molecular weight excluding hydrogens is 264 g/mol. The molecule has 0 saturated heterocycles. The predicted molar refractivity (Wildman–Crippen MR) is 68.7 cm³/mol. The third-order valence-corrected chi connectivity index (χ3v) is 2.74. The van der Waals surface area contributed by atoms with Crippen LogP contribution in [0.4, 0.5) is 0 Å². The molecule has 1 aromatic carbocycles. The van der Waals surface area contributed by atoms with Gasteiger partial charge in [0.15, 0.2) is 17.1 Å². The van der Waals surface area contributed by atoms with Crippen molar-refractivity contribution < 1.29 is 28.3 Å². The van der Waals surface area contributed by atoms with Gasteiger partial charge < -0.3 is 13.9 Å². The van der Waals surface area contributed by atoms with Crippen molar-refractivity contribution in [1.29, 1.82) is 0 Å². The average molecular weight is 276 g/mol. The zero-order chi connectivity index (χ0) is 14.7. The van der Waals surface area contributed by atoms with Crippen molar-refractivity contribution in [3.8, 4) is 5.75 Å². The molecule has 0 bridgehead atoms. The van der Waals surface area contributed by atoms with E-state index in [1.165, 1.54) is 13.2 Å². The molecule has 0 radical (unpaired) electrons. The number of esters is 1. The monoisotopic (exact) mass is 276 g/mol. The van der Waals surface area contributed by atoms with Gasteiger partial charge in [-0.25, -0.2) is 4.79 Å². The Morgan fingerprint density at radius 2 is 1.95 bits per heavy atom. The van der Waals surface area contributed by atoms with E-state index in [0.29, 0.717) is 16.7 Å². The summed E-state index contributed by atoms with van der Waals surface area (Å²) in [6.07, 6.45) is -0.588. The number of carbonyl (C=O) groups excluding carboxylic acids is 3. The maximum absolute atomic E-state index is 11.9. The summed E-state index contributed by atoms with van der Waals surface area (Å²) >= 11 is 0. The smallest absolute Gasteiger partial charge is 0.374 e. The molecule has 6 nitrogen and oxygen atoms in total. The van der Waals surface area contributed by atoms with Gasteiger partial charge in [-0.05, 0) is 12.1 Å². The molecule has 0 saturated carbocycles. The van der Waals surface area contributed by atoms with Gasteiger partial charge in [0, 0.05) is 5.39 Å². The fraction of sp³-hybridized carbons (Fsp3) is 0.214. The topological polar surface area (TPSA) is 82.8 Å². The molecule has 0 unspecified atom stereocenters. The standard InChI is InChI=1S/C14H12O6/c1-18-11-5-3-4-8-6-12(20-13(8)11)9(15)7-10(16)14(17)19-2/h3-6H,7H2,1-2H3. The fourth-order valence-corrected chi connectivity index (χ4v) is 1.75. The quantitative estimate of drug-likeness (QED) is 0.358. The van der Waals surface area contributed by atoms with Crippen molar-refractivity contribution >= 4 is 28.5 Å². The second-order valence-corrected chi connectivity index (χ2v) is 4.00. The largest absolute Gasteiger partial charge is 0.493 e. The third-order valence-electron chi connectivity index (χ3n) is 2.74. The highest BCUT2D eigenvalue weighted by Crippen LogP contribution is 2.28. The lowest BCUT2D eigenvalue weighted by Crippen LogP contribution is -2.19. The van der Waals surface area contributed by atoms with Gasteiger partial charge in [-0.1, -0.05) is 12.1 Å². The SMILES string of the molecule is COC(=O)C(=O)CC(=O)c1cc2cccc(OC)c2o1. The summed E-state index contributed by atoms with van der Waals surface area (Å²) < 4.78 is 14.8. The summed E-state index contributed by atoms with van der Waals surface area (Å²) in [5.41, 5.74) is 0.420. The number of ether oxygens (including phenoxy) is 2. The van der Waals surface area contributed by atoms with Crippen LogP contribution >= 0.6 is 0 Å². The Kier molecular flexibility index (Phi) is 3.84. The van der Waals surface area contributed by atoms with Crippen LogP contribution < -0.4 is 4.74 Å². The Morgan fingerprint density at radius 3 is 2.60 bits per heavy atom. The van der Waals surface area contributed by atoms with E-state index in [-0.39, 0.29) is 5.76 Å². The van der Waals surface area contributed by atoms with Gasteiger partial charge in [0.25, 0.3) is 0 Å². The summed E-state index contributed by atoms with van der Waals surface area (Å²) in [6, 6.07) is 6.70. The number of para-hydroxylation sites is 1. The number of fused-ring (bicyclic) bond motifs is 1. The number of benzene rings is 1. The van der Waals surface area contributed by atoms with Crippen LogP contribution in [-0.4, -0.2) is 31.8 Å². The van der Waals surface area contributed by atoms with Crippen LogP contribution in [0.1, 0.15) is 17.0 Å². The van der Waals surface area contributed by atoms with E-state index >= 15 is 0 Å². The minimum Gasteiger partial charge on any atom is -0.493 e. The molecule has 20 heavy (non-hydrogen) atoms. The van der Waals surface area contributed by atoms with Crippen molar-refractivity contribution in [3.05, 3.63) is 30.0 Å². The second kappa shape index (κ2) is 5.56. The molecule has 1 heterocycles. The Bertz CT molecular complexity index is 682. The molecule has 0 amide bonds. The molecular formula is C14H12O6. The van der Waals surface area contributed by atoms with Crippen molar-refractivity contribution in [2.75, 3.05) is 14.2 Å². The molecule has 0 aliphatic rings. The van der Waals surface area contributed by atoms with E-state index in [0.717, 1.165) is 7.11 Å². The van der Waals surface area contributed by atoms with Crippen LogP contribution in [0.2, 0.25) is 0 Å². The Morgan fingerprint density at radius 1 is 1.20 bits per heavy atom. The highest BCUT2D eigenvalue weighted by Gasteiger charge is 2.22. The van der Waals surface area contributed by atoms with Crippen LogP contribution in [0.15, 0.2) is 28.7 Å². The summed E-state index contributed by atoms with van der Waals surface area (Å²) in [5.74, 6) is -2.06. The van der Waals surface area contributed by atoms with Crippen molar-refractivity contribution in [3.63, 3.8) is 0 Å². The first-order chi connectivity index (χ1) is 9.56. The number of carbonyl (C=O) groups is 3. The van der Waals surface area contributed by atoms with Crippen LogP contribution in [0.5, 0.6) is 5.75 Å². The first-order valence-electron chi connectivity index (χ1n) is 5.77. The van der Waals surface area contributed by atoms with Gasteiger partial charge in [-0.3, -0.25) is 9.59 Å². The molecule has 0 N–H and O–H groups in total. The zero-order valence-corrected chi connectivity index (χ0v) is 11.0. The summed E-state index contributed by atoms with van der Waals surface area (Å²) in [5, 5.41) is 0.679. The van der Waals surface area contributed by atoms with E-state index in [9.17, 15) is 14.4 Å². The molecule has 0 aliphatic heterocycles. The van der Waals surface area contributed by atoms with Gasteiger partial charge in [0.2, 0.25) is 11.6 Å². The van der Waals surface area contributed by atoms with Crippen LogP contribution in [0, 0.1) is 0 Å². The van der Waals surface area contributed by atoms with Gasteiger partial charge in [-0.2, -0.15) is 0 Å². The maximum Gasteiger partial charge on any atom is 0.374 e. The highest BCUT2D eigenvalue weighted by molar-refractivity contribution is 6.38. The van der Waals surface area contributed by atoms with E-state index in [4.69, 9.17) is 9.15 Å². The third kappa shape index (κ3) is 2.54. The van der Waals surface area contributed by atoms with Gasteiger partial charge in [-0.15, -0.1) is 0 Å². The number of ketones is 2. The first-order valence-corrected chi connectivity index (χ1v) is 5.77. The fourth-order valence-electron chi connectivity index (χ4n) is 1.75. The zero-order valence-electron chi connectivity index (χ0n) is 11.0. The summed E-state index contributed by atoms with van der Waals surface area (Å²) in [4.78, 5) is 34.2. The summed E-state index contributed by atoms with van der Waals surface area (Å²) in [7, 11) is 2.57. The average Bonchev–Trinajstić information content (AvgIpc) is 2.90. The number of rotatable bonds is 5. The first kappa shape index (κ1) is 13.8. The van der Waals surface area contributed by atoms with E-state index in [1.807, 2.05) is 0 Å². The van der Waals surface area contributed by atoms with Gasteiger partial charge in [0.1, 0.15) is 0 Å². The van der Waals surface area contributed by atoms with Crippen LogP contribution in [0.3, 0.4) is 0 Å². The lowest BCUT2D eigenvalue weighted by molar-refractivity contribution is -0.151. The minimum atomic E-state index is -1.05. The summed E-state index contributed by atoms with van der Waals surface area (Å²) in [6.45, 7) is 0. The number of furan rings is 1. The van der Waals surface area contributed by atoms with E-state index < -0.39 is 24.0 Å². The molecule has 0 atom stereocenters. The van der Waals surface area contributed by atoms with Crippen molar-refractivity contribution in [2.45, 2.75) is 6.42 Å². The minimum absolute atomic E-state index is 0.00162. The molecule has 1 aromatic heterocycles. The van der Waals surface area contributed by atoms with Crippen LogP contribution in [-0.2, 0) is 14.3 Å². The van der Waals surface area contributed by atoms with Gasteiger partial charge in [0.05, 0.1) is 20.6 Å². The van der Waals surface area contributed by atoms with Gasteiger partial charge >= 0.3 is 5.97 Å². The molecule has 0 fully saturated rings. The molecule has 2 aromatic rings. The number of Topliss-reactive ketones (excluding diaryl/α,β-unsaturated/α-hetero) is 2. The molecule has 0 aliphatic carbocycles. The van der Waals surface area contributed by atoms with E-state index in [2.05, 4.69) is 4.74 Å². The van der Waals surface area contributed by atoms with Crippen molar-refractivity contribution in [2.24, 2.45) is 0 Å². The predicted octanol–water partition coefficient (Wildman–Crippen LogP) is 1.76. The second-order valence-electron chi connectivity index (χ2n) is 4.00. The molecule has 2 rings (SSSR count). The number of hydrogen-bond donors (Lipinski definition) is 0. The van der Waals surface area contributed by atoms with Crippen molar-refractivity contribution in [1.82, 2.24) is 0 Å².